The second kappa shape index (κ2) is 10.5. The van der Waals surface area contributed by atoms with Crippen LogP contribution in [-0.4, -0.2) is 35.6 Å². The van der Waals surface area contributed by atoms with Gasteiger partial charge in [0.2, 0.25) is 0 Å². The number of nitrogens with one attached hydrogen (secondary N) is 2. The third kappa shape index (κ3) is 5.80. The molecule has 2 N–H and O–H groups in total. The molecule has 2 aromatic rings. The Bertz CT molecular complexity index is 781. The van der Waals surface area contributed by atoms with E-state index in [0.29, 0.717) is 32.1 Å². The van der Waals surface area contributed by atoms with Crippen LogP contribution in [0.25, 0.3) is 0 Å². The van der Waals surface area contributed by atoms with Crippen molar-refractivity contribution >= 4 is 29.9 Å². The summed E-state index contributed by atoms with van der Waals surface area (Å²) in [5.74, 6) is 1.17. The van der Waals surface area contributed by atoms with Crippen LogP contribution in [0.2, 0.25) is 0 Å². The van der Waals surface area contributed by atoms with Crippen molar-refractivity contribution in [1.82, 2.24) is 20.4 Å². The largest absolute Gasteiger partial charge is 0.467 e. The molecular weight excluding hydrogens is 464 g/mol. The molecule has 7 nitrogen and oxygen atoms in total. The molecule has 148 valence electrons. The number of aryl methyl sites for hydroxylation is 1. The van der Waals surface area contributed by atoms with Gasteiger partial charge in [0, 0.05) is 31.9 Å². The number of benzene rings is 1. The van der Waals surface area contributed by atoms with Crippen LogP contribution in [0, 0.1) is 5.82 Å². The van der Waals surface area contributed by atoms with E-state index >= 15 is 0 Å². The number of nitrogens with zero attached hydrogens (tertiary/aromatic N) is 3. The van der Waals surface area contributed by atoms with E-state index in [9.17, 15) is 4.39 Å². The van der Waals surface area contributed by atoms with E-state index in [1.165, 1.54) is 12.1 Å². The number of fused-ring (bicyclic) bond motifs is 1. The second-order valence-electron chi connectivity index (χ2n) is 5.98. The Morgan fingerprint density at radius 2 is 2.22 bits per heavy atom. The van der Waals surface area contributed by atoms with Crippen molar-refractivity contribution in [2.24, 2.45) is 12.0 Å². The maximum atomic E-state index is 13.8. The van der Waals surface area contributed by atoms with Gasteiger partial charge in [-0.2, -0.15) is 5.10 Å². The number of hydrogen-bond acceptors (Lipinski definition) is 4. The van der Waals surface area contributed by atoms with Crippen LogP contribution in [0.15, 0.2) is 29.4 Å². The van der Waals surface area contributed by atoms with Crippen LogP contribution in [0.1, 0.15) is 23.7 Å². The SMILES string of the molecule is CCNC(=NCc1ccnn1C)NCCc1cc(F)cc2c1OCOC2.I. The molecule has 1 aromatic carbocycles. The van der Waals surface area contributed by atoms with Gasteiger partial charge < -0.3 is 20.1 Å². The highest BCUT2D eigenvalue weighted by atomic mass is 127. The van der Waals surface area contributed by atoms with Crippen molar-refractivity contribution < 1.29 is 13.9 Å². The van der Waals surface area contributed by atoms with Gasteiger partial charge in [-0.05, 0) is 37.1 Å². The molecule has 0 atom stereocenters. The molecule has 2 heterocycles. The Morgan fingerprint density at radius 1 is 1.37 bits per heavy atom. The number of guanidine groups is 1. The summed E-state index contributed by atoms with van der Waals surface area (Å²) in [7, 11) is 1.89. The van der Waals surface area contributed by atoms with Gasteiger partial charge in [0.15, 0.2) is 12.8 Å². The first-order chi connectivity index (χ1) is 12.7. The van der Waals surface area contributed by atoms with Crippen molar-refractivity contribution in [3.05, 3.63) is 47.0 Å². The number of halogens is 2. The number of hydrogen-bond donors (Lipinski definition) is 2. The maximum absolute atomic E-state index is 13.8. The summed E-state index contributed by atoms with van der Waals surface area (Å²) in [5.41, 5.74) is 2.61. The lowest BCUT2D eigenvalue weighted by molar-refractivity contribution is -0.0172. The van der Waals surface area contributed by atoms with Crippen molar-refractivity contribution in [3.63, 3.8) is 0 Å². The van der Waals surface area contributed by atoms with Gasteiger partial charge in [-0.25, -0.2) is 9.38 Å². The van der Waals surface area contributed by atoms with Gasteiger partial charge >= 0.3 is 0 Å². The van der Waals surface area contributed by atoms with E-state index in [-0.39, 0.29) is 36.6 Å². The van der Waals surface area contributed by atoms with Gasteiger partial charge in [0.05, 0.1) is 18.8 Å². The summed E-state index contributed by atoms with van der Waals surface area (Å²) in [6.45, 7) is 4.49. The Balaban J connectivity index is 0.00000261. The third-order valence-corrected chi connectivity index (χ3v) is 4.10. The quantitative estimate of drug-likeness (QED) is 0.371. The highest BCUT2D eigenvalue weighted by Gasteiger charge is 2.16. The molecule has 1 aliphatic rings. The molecule has 0 bridgehead atoms. The van der Waals surface area contributed by atoms with Gasteiger partial charge in [-0.3, -0.25) is 4.68 Å². The standard InChI is InChI=1S/C18H24FN5O2.HI/c1-3-20-18(22-10-16-5-7-23-24(16)2)21-6-4-13-8-15(19)9-14-11-25-12-26-17(13)14;/h5,7-9H,3-4,6,10-12H2,1-2H3,(H2,20,21,22);1H. The molecule has 0 unspecified atom stereocenters. The minimum absolute atomic E-state index is 0. The predicted octanol–water partition coefficient (Wildman–Crippen LogP) is 2.34. The molecular formula is C18H25FIN5O2. The molecule has 0 fully saturated rings. The zero-order valence-electron chi connectivity index (χ0n) is 15.5. The Hall–Kier alpha value is -1.88. The number of ether oxygens (including phenoxy) is 2. The summed E-state index contributed by atoms with van der Waals surface area (Å²) in [4.78, 5) is 4.56. The molecule has 0 spiro atoms. The summed E-state index contributed by atoms with van der Waals surface area (Å²) in [6.07, 6.45) is 2.37. The zero-order valence-corrected chi connectivity index (χ0v) is 17.8. The maximum Gasteiger partial charge on any atom is 0.191 e. The van der Waals surface area contributed by atoms with Gasteiger partial charge in [0.1, 0.15) is 11.6 Å². The van der Waals surface area contributed by atoms with Crippen LogP contribution in [0.3, 0.4) is 0 Å². The predicted molar refractivity (Wildman–Crippen MR) is 112 cm³/mol. The van der Waals surface area contributed by atoms with E-state index in [1.807, 2.05) is 20.0 Å². The Morgan fingerprint density at radius 3 is 2.96 bits per heavy atom. The summed E-state index contributed by atoms with van der Waals surface area (Å²) in [6, 6.07) is 4.92. The van der Waals surface area contributed by atoms with Crippen molar-refractivity contribution in [1.29, 1.82) is 0 Å². The van der Waals surface area contributed by atoms with Crippen molar-refractivity contribution in [3.8, 4) is 5.75 Å². The van der Waals surface area contributed by atoms with E-state index in [2.05, 4.69) is 20.7 Å². The highest BCUT2D eigenvalue weighted by molar-refractivity contribution is 14.0. The smallest absolute Gasteiger partial charge is 0.191 e. The first-order valence-corrected chi connectivity index (χ1v) is 8.68. The van der Waals surface area contributed by atoms with Crippen LogP contribution >= 0.6 is 24.0 Å². The molecule has 27 heavy (non-hydrogen) atoms. The molecule has 0 radical (unpaired) electrons. The summed E-state index contributed by atoms with van der Waals surface area (Å²) < 4.78 is 26.4. The molecule has 1 aliphatic heterocycles. The second-order valence-corrected chi connectivity index (χ2v) is 5.98. The average Bonchev–Trinajstić information content (AvgIpc) is 3.04. The van der Waals surface area contributed by atoms with Crippen LogP contribution < -0.4 is 15.4 Å². The Kier molecular flexibility index (Phi) is 8.29. The lowest BCUT2D eigenvalue weighted by Crippen LogP contribution is -2.38. The minimum Gasteiger partial charge on any atom is -0.467 e. The first-order valence-electron chi connectivity index (χ1n) is 8.68. The molecule has 9 heteroatoms. The third-order valence-electron chi connectivity index (χ3n) is 4.10. The fourth-order valence-corrected chi connectivity index (χ4v) is 2.82. The van der Waals surface area contributed by atoms with Gasteiger partial charge in [0.25, 0.3) is 0 Å². The fraction of sp³-hybridized carbons (Fsp3) is 0.444. The molecule has 0 saturated carbocycles. The molecule has 3 rings (SSSR count). The van der Waals surface area contributed by atoms with Crippen LogP contribution in [-0.2, 0) is 31.4 Å². The average molecular weight is 489 g/mol. The van der Waals surface area contributed by atoms with Crippen LogP contribution in [0.4, 0.5) is 4.39 Å². The first kappa shape index (κ1) is 21.4. The van der Waals surface area contributed by atoms with Crippen molar-refractivity contribution in [2.45, 2.75) is 26.5 Å². The van der Waals surface area contributed by atoms with Crippen molar-refractivity contribution in [2.75, 3.05) is 19.9 Å². The topological polar surface area (TPSA) is 72.7 Å². The monoisotopic (exact) mass is 489 g/mol. The number of aromatic nitrogens is 2. The number of aliphatic imine (C=N–C) groups is 1. The summed E-state index contributed by atoms with van der Waals surface area (Å²) >= 11 is 0. The lowest BCUT2D eigenvalue weighted by atomic mass is 10.1. The van der Waals surface area contributed by atoms with E-state index in [0.717, 1.165) is 29.1 Å². The lowest BCUT2D eigenvalue weighted by Gasteiger charge is -2.21. The van der Waals surface area contributed by atoms with Gasteiger partial charge in [-0.15, -0.1) is 24.0 Å². The minimum atomic E-state index is -0.273. The number of rotatable bonds is 6. The molecule has 0 aliphatic carbocycles. The summed E-state index contributed by atoms with van der Waals surface area (Å²) in [5, 5.41) is 10.6. The fourth-order valence-electron chi connectivity index (χ4n) is 2.82. The van der Waals surface area contributed by atoms with Crippen LogP contribution in [0.5, 0.6) is 5.75 Å². The van der Waals surface area contributed by atoms with E-state index < -0.39 is 0 Å². The molecule has 0 amide bonds. The van der Waals surface area contributed by atoms with E-state index in [1.54, 1.807) is 10.9 Å². The zero-order chi connectivity index (χ0) is 18.4. The molecule has 0 saturated heterocycles. The highest BCUT2D eigenvalue weighted by Crippen LogP contribution is 2.29. The Labute approximate surface area is 175 Å². The van der Waals surface area contributed by atoms with E-state index in [4.69, 9.17) is 9.47 Å². The molecule has 1 aromatic heterocycles. The van der Waals surface area contributed by atoms with Gasteiger partial charge in [-0.1, -0.05) is 0 Å². The normalized spacial score (nSPS) is 13.4.